The zero-order chi connectivity index (χ0) is 22.0. The molecule has 0 bridgehead atoms. The number of nitro groups is 2. The number of carbonyl (C=O) groups is 2. The molecule has 0 aliphatic carbocycles. The van der Waals surface area contributed by atoms with Crippen molar-refractivity contribution < 1.29 is 19.4 Å². The summed E-state index contributed by atoms with van der Waals surface area (Å²) in [5, 5.41) is 28.6. The van der Waals surface area contributed by atoms with Crippen molar-refractivity contribution >= 4 is 52.1 Å². The molecule has 0 unspecified atom stereocenters. The summed E-state index contributed by atoms with van der Waals surface area (Å²) in [4.78, 5) is 45.2. The Kier molecular flexibility index (Phi) is 5.76. The predicted molar refractivity (Wildman–Crippen MR) is 106 cm³/mol. The minimum atomic E-state index is -0.901. The zero-order valence-corrected chi connectivity index (χ0v) is 16.1. The lowest BCUT2D eigenvalue weighted by atomic mass is 10.1. The monoisotopic (exact) mass is 449 g/mol. The van der Waals surface area contributed by atoms with Crippen LogP contribution in [0.3, 0.4) is 0 Å². The number of anilines is 1. The first-order valence-electron chi connectivity index (χ1n) is 7.97. The summed E-state index contributed by atoms with van der Waals surface area (Å²) in [7, 11) is 0. The van der Waals surface area contributed by atoms with Crippen LogP contribution in [0.15, 0.2) is 48.7 Å². The maximum absolute atomic E-state index is 12.6. The van der Waals surface area contributed by atoms with Crippen molar-refractivity contribution in [3.63, 3.8) is 0 Å². The molecule has 0 atom stereocenters. The molecule has 1 heterocycles. The number of carbonyl (C=O) groups excluding carboxylic acids is 2. The number of non-ortho nitro benzene ring substituents is 2. The molecular formula is C17H9Cl2N5O6. The molecule has 0 saturated carbocycles. The molecule has 3 rings (SSSR count). The van der Waals surface area contributed by atoms with Gasteiger partial charge in [0.1, 0.15) is 0 Å². The van der Waals surface area contributed by atoms with Crippen LogP contribution >= 0.6 is 23.2 Å². The average Bonchev–Trinajstić information content (AvgIpc) is 3.20. The molecule has 13 heteroatoms. The number of hydrogen-bond acceptors (Lipinski definition) is 7. The summed E-state index contributed by atoms with van der Waals surface area (Å²) in [6.45, 7) is 0. The Hall–Kier alpha value is -3.83. The van der Waals surface area contributed by atoms with E-state index in [1.165, 1.54) is 18.2 Å². The van der Waals surface area contributed by atoms with Crippen LogP contribution in [0.2, 0.25) is 10.0 Å². The minimum absolute atomic E-state index is 0.118. The Bertz CT molecular complexity index is 1180. The van der Waals surface area contributed by atoms with Crippen LogP contribution in [-0.2, 0) is 0 Å². The fourth-order valence-corrected chi connectivity index (χ4v) is 2.75. The lowest BCUT2D eigenvalue weighted by Gasteiger charge is -2.06. The lowest BCUT2D eigenvalue weighted by Crippen LogP contribution is -2.17. The van der Waals surface area contributed by atoms with Crippen molar-refractivity contribution in [2.24, 2.45) is 0 Å². The van der Waals surface area contributed by atoms with Crippen molar-refractivity contribution in [3.8, 4) is 0 Å². The molecule has 0 spiro atoms. The highest BCUT2D eigenvalue weighted by molar-refractivity contribution is 6.44. The lowest BCUT2D eigenvalue weighted by molar-refractivity contribution is -0.394. The minimum Gasteiger partial charge on any atom is -0.319 e. The molecule has 3 aromatic rings. The van der Waals surface area contributed by atoms with Crippen LogP contribution in [0.4, 0.5) is 17.1 Å². The van der Waals surface area contributed by atoms with Gasteiger partial charge in [-0.1, -0.05) is 29.3 Å². The Labute approximate surface area is 177 Å². The Morgan fingerprint density at radius 1 is 1.00 bits per heavy atom. The summed E-state index contributed by atoms with van der Waals surface area (Å²) in [5.41, 5.74) is -1.55. The molecule has 1 amide bonds. The van der Waals surface area contributed by atoms with Crippen LogP contribution in [0.5, 0.6) is 0 Å². The largest absolute Gasteiger partial charge is 0.319 e. The molecule has 2 aromatic carbocycles. The van der Waals surface area contributed by atoms with Crippen LogP contribution in [0, 0.1) is 20.2 Å². The van der Waals surface area contributed by atoms with Gasteiger partial charge >= 0.3 is 0 Å². The number of nitro benzene ring substituents is 2. The van der Waals surface area contributed by atoms with Crippen molar-refractivity contribution in [2.75, 3.05) is 5.32 Å². The average molecular weight is 450 g/mol. The number of benzene rings is 2. The summed E-state index contributed by atoms with van der Waals surface area (Å²) in [5.74, 6) is -1.60. The molecule has 11 nitrogen and oxygen atoms in total. The summed E-state index contributed by atoms with van der Waals surface area (Å²) < 4.78 is 0.733. The van der Waals surface area contributed by atoms with E-state index in [0.717, 1.165) is 29.1 Å². The topological polar surface area (TPSA) is 150 Å². The van der Waals surface area contributed by atoms with E-state index in [9.17, 15) is 29.8 Å². The summed E-state index contributed by atoms with van der Waals surface area (Å²) in [6.07, 6.45) is 1.14. The molecule has 0 radical (unpaired) electrons. The SMILES string of the molecule is O=C(Nc1cccc(Cl)c1Cl)c1ccn(C(=O)c2cc([N+](=O)[O-])cc([N+](=O)[O-])c2)n1. The fraction of sp³-hybridized carbons (Fsp3) is 0. The third-order valence-corrected chi connectivity index (χ3v) is 4.62. The van der Waals surface area contributed by atoms with E-state index < -0.39 is 33.0 Å². The van der Waals surface area contributed by atoms with Crippen molar-refractivity contribution in [2.45, 2.75) is 0 Å². The van der Waals surface area contributed by atoms with Gasteiger partial charge < -0.3 is 5.32 Å². The van der Waals surface area contributed by atoms with Crippen LogP contribution in [0.25, 0.3) is 0 Å². The Morgan fingerprint density at radius 3 is 2.23 bits per heavy atom. The molecule has 30 heavy (non-hydrogen) atoms. The molecule has 0 aliphatic heterocycles. The highest BCUT2D eigenvalue weighted by Gasteiger charge is 2.22. The maximum Gasteiger partial charge on any atom is 0.278 e. The quantitative estimate of drug-likeness (QED) is 0.457. The second-order valence-electron chi connectivity index (χ2n) is 5.76. The highest BCUT2D eigenvalue weighted by Crippen LogP contribution is 2.29. The number of aromatic nitrogens is 2. The van der Waals surface area contributed by atoms with Gasteiger partial charge in [-0.15, -0.1) is 0 Å². The standard InChI is InChI=1S/C17H9Cl2N5O6/c18-12-2-1-3-13(15(12)19)20-16(25)14-4-5-22(21-14)17(26)9-6-10(23(27)28)8-11(7-9)24(29)30/h1-8H,(H,20,25). The second-order valence-corrected chi connectivity index (χ2v) is 6.54. The smallest absolute Gasteiger partial charge is 0.278 e. The van der Waals surface area contributed by atoms with E-state index in [4.69, 9.17) is 23.2 Å². The normalized spacial score (nSPS) is 10.5. The fourth-order valence-electron chi connectivity index (χ4n) is 2.41. The van der Waals surface area contributed by atoms with Crippen molar-refractivity contribution in [3.05, 3.63) is 90.2 Å². The molecule has 0 saturated heterocycles. The van der Waals surface area contributed by atoms with Gasteiger partial charge in [0.2, 0.25) is 0 Å². The van der Waals surface area contributed by atoms with E-state index in [1.807, 2.05) is 0 Å². The highest BCUT2D eigenvalue weighted by atomic mass is 35.5. The van der Waals surface area contributed by atoms with Crippen molar-refractivity contribution in [1.82, 2.24) is 9.78 Å². The van der Waals surface area contributed by atoms with Gasteiger partial charge in [0.15, 0.2) is 5.69 Å². The molecule has 1 N–H and O–H groups in total. The summed E-state index contributed by atoms with van der Waals surface area (Å²) in [6, 6.07) is 8.32. The molecule has 0 aliphatic rings. The van der Waals surface area contributed by atoms with E-state index in [1.54, 1.807) is 6.07 Å². The van der Waals surface area contributed by atoms with Crippen LogP contribution in [-0.4, -0.2) is 31.4 Å². The van der Waals surface area contributed by atoms with E-state index in [2.05, 4.69) is 10.4 Å². The van der Waals surface area contributed by atoms with E-state index in [0.29, 0.717) is 0 Å². The van der Waals surface area contributed by atoms with Crippen molar-refractivity contribution in [1.29, 1.82) is 0 Å². The number of rotatable bonds is 5. The summed E-state index contributed by atoms with van der Waals surface area (Å²) >= 11 is 11.9. The number of halogens is 2. The van der Waals surface area contributed by atoms with E-state index in [-0.39, 0.29) is 27.0 Å². The van der Waals surface area contributed by atoms with Crippen LogP contribution < -0.4 is 5.32 Å². The first-order chi connectivity index (χ1) is 14.2. The molecular weight excluding hydrogens is 441 g/mol. The predicted octanol–water partition coefficient (Wildman–Crippen LogP) is 3.95. The zero-order valence-electron chi connectivity index (χ0n) is 14.6. The van der Waals surface area contributed by atoms with Gasteiger partial charge in [-0.05, 0) is 18.2 Å². The molecule has 152 valence electrons. The van der Waals surface area contributed by atoms with Crippen LogP contribution in [0.1, 0.15) is 20.8 Å². The van der Waals surface area contributed by atoms with Gasteiger partial charge in [0.05, 0.1) is 37.2 Å². The van der Waals surface area contributed by atoms with Gasteiger partial charge in [-0.3, -0.25) is 29.8 Å². The first kappa shape index (κ1) is 20.9. The van der Waals surface area contributed by atoms with Gasteiger partial charge in [0.25, 0.3) is 23.2 Å². The molecule has 0 fully saturated rings. The number of nitrogens with zero attached hydrogens (tertiary/aromatic N) is 4. The number of nitrogens with one attached hydrogen (secondary N) is 1. The van der Waals surface area contributed by atoms with Gasteiger partial charge in [-0.25, -0.2) is 4.68 Å². The van der Waals surface area contributed by atoms with E-state index >= 15 is 0 Å². The second kappa shape index (κ2) is 8.27. The number of amides is 1. The first-order valence-corrected chi connectivity index (χ1v) is 8.72. The third-order valence-electron chi connectivity index (χ3n) is 3.80. The van der Waals surface area contributed by atoms with Gasteiger partial charge in [0, 0.05) is 18.3 Å². The third kappa shape index (κ3) is 4.26. The molecule has 1 aromatic heterocycles. The Balaban J connectivity index is 1.88. The number of hydrogen-bond donors (Lipinski definition) is 1. The van der Waals surface area contributed by atoms with Gasteiger partial charge in [-0.2, -0.15) is 5.10 Å². The maximum atomic E-state index is 12.6. The Morgan fingerprint density at radius 2 is 1.63 bits per heavy atom.